The lowest BCUT2D eigenvalue weighted by atomic mass is 10.0. The third-order valence-corrected chi connectivity index (χ3v) is 4.93. The predicted molar refractivity (Wildman–Crippen MR) is 92.6 cm³/mol. The van der Waals surface area contributed by atoms with Gasteiger partial charge in [0.1, 0.15) is 5.76 Å². The Morgan fingerprint density at radius 2 is 1.86 bits per heavy atom. The number of benzene rings is 1. The maximum Gasteiger partial charge on any atom is 0.184 e. The van der Waals surface area contributed by atoms with Gasteiger partial charge in [0, 0.05) is 4.90 Å². The van der Waals surface area contributed by atoms with Crippen LogP contribution < -0.4 is 0 Å². The second-order valence-corrected chi connectivity index (χ2v) is 11.6. The molecule has 4 heteroatoms. The molecule has 0 radical (unpaired) electrons. The third-order valence-electron chi connectivity index (χ3n) is 3.18. The lowest BCUT2D eigenvalue weighted by Gasteiger charge is -2.28. The Morgan fingerprint density at radius 3 is 2.52 bits per heavy atom. The molecule has 1 aliphatic rings. The molecule has 114 valence electrons. The van der Waals surface area contributed by atoms with Gasteiger partial charge >= 0.3 is 0 Å². The SMILES string of the molecule is CC1C=CC(OSc2ccccc2)=CC[C@H]1O[Si](C)(C)C. The Balaban J connectivity index is 1.94. The molecule has 1 unspecified atom stereocenters. The van der Waals surface area contributed by atoms with Gasteiger partial charge in [-0.15, -0.1) is 0 Å². The molecule has 0 N–H and O–H groups in total. The van der Waals surface area contributed by atoms with E-state index in [0.717, 1.165) is 17.1 Å². The van der Waals surface area contributed by atoms with Crippen molar-refractivity contribution in [3.8, 4) is 0 Å². The van der Waals surface area contributed by atoms with E-state index >= 15 is 0 Å². The summed E-state index contributed by atoms with van der Waals surface area (Å²) in [5, 5.41) is 0. The second kappa shape index (κ2) is 7.34. The molecule has 0 aliphatic heterocycles. The lowest BCUT2D eigenvalue weighted by Crippen LogP contribution is -2.34. The molecule has 1 aromatic carbocycles. The van der Waals surface area contributed by atoms with Crippen LogP contribution >= 0.6 is 12.0 Å². The minimum Gasteiger partial charge on any atom is -0.421 e. The summed E-state index contributed by atoms with van der Waals surface area (Å²) in [6.45, 7) is 8.92. The molecule has 0 aromatic heterocycles. The van der Waals surface area contributed by atoms with E-state index in [1.807, 2.05) is 30.3 Å². The van der Waals surface area contributed by atoms with Crippen molar-refractivity contribution < 1.29 is 8.61 Å². The average Bonchev–Trinajstić information content (AvgIpc) is 2.60. The number of hydrogen-bond donors (Lipinski definition) is 0. The maximum absolute atomic E-state index is 6.26. The van der Waals surface area contributed by atoms with E-state index in [9.17, 15) is 0 Å². The van der Waals surface area contributed by atoms with Gasteiger partial charge in [-0.25, -0.2) is 0 Å². The summed E-state index contributed by atoms with van der Waals surface area (Å²) in [4.78, 5) is 1.11. The summed E-state index contributed by atoms with van der Waals surface area (Å²) in [6.07, 6.45) is 7.56. The van der Waals surface area contributed by atoms with Crippen molar-refractivity contribution in [2.45, 2.75) is 44.0 Å². The van der Waals surface area contributed by atoms with Crippen molar-refractivity contribution >= 4 is 20.4 Å². The highest BCUT2D eigenvalue weighted by Gasteiger charge is 2.25. The highest BCUT2D eigenvalue weighted by molar-refractivity contribution is 7.94. The molecule has 2 rings (SSSR count). The summed E-state index contributed by atoms with van der Waals surface area (Å²) in [5.41, 5.74) is 0. The fourth-order valence-corrected chi connectivity index (χ4v) is 3.93. The van der Waals surface area contributed by atoms with Gasteiger partial charge in [0.2, 0.25) is 0 Å². The Hall–Kier alpha value is -0.973. The summed E-state index contributed by atoms with van der Waals surface area (Å²) in [5.74, 6) is 1.33. The summed E-state index contributed by atoms with van der Waals surface area (Å²) < 4.78 is 12.1. The highest BCUT2D eigenvalue weighted by atomic mass is 32.2. The van der Waals surface area contributed by atoms with Crippen LogP contribution in [0.1, 0.15) is 13.3 Å². The average molecular weight is 321 g/mol. The minimum absolute atomic E-state index is 0.260. The largest absolute Gasteiger partial charge is 0.421 e. The zero-order valence-corrected chi connectivity index (χ0v) is 15.0. The van der Waals surface area contributed by atoms with Crippen molar-refractivity contribution in [3.63, 3.8) is 0 Å². The van der Waals surface area contributed by atoms with Gasteiger partial charge < -0.3 is 8.61 Å². The molecule has 0 bridgehead atoms. The lowest BCUT2D eigenvalue weighted by molar-refractivity contribution is 0.160. The molecular formula is C17H24O2SSi. The van der Waals surface area contributed by atoms with Gasteiger partial charge in [-0.2, -0.15) is 0 Å². The second-order valence-electron chi connectivity index (χ2n) is 6.31. The van der Waals surface area contributed by atoms with Crippen LogP contribution in [0.2, 0.25) is 19.6 Å². The maximum atomic E-state index is 6.26. The monoisotopic (exact) mass is 320 g/mol. The normalized spacial score (nSPS) is 22.6. The number of allylic oxidation sites excluding steroid dienone is 1. The molecule has 2 nitrogen and oxygen atoms in total. The molecular weight excluding hydrogens is 296 g/mol. The molecule has 2 atom stereocenters. The van der Waals surface area contributed by atoms with Crippen molar-refractivity contribution in [1.82, 2.24) is 0 Å². The summed E-state index contributed by atoms with van der Waals surface area (Å²) in [6, 6.07) is 10.1. The van der Waals surface area contributed by atoms with Crippen LogP contribution in [0, 0.1) is 5.92 Å². The van der Waals surface area contributed by atoms with Gasteiger partial charge in [0.25, 0.3) is 0 Å². The molecule has 0 saturated heterocycles. The standard InChI is InChI=1S/C17H24O2SSi/c1-14-10-11-15(12-13-17(14)19-21(2,3)4)18-20-16-8-6-5-7-9-16/h5-12,14,17H,13H2,1-4H3/t14?,17-/m1/s1. The van der Waals surface area contributed by atoms with Crippen LogP contribution in [0.25, 0.3) is 0 Å². The van der Waals surface area contributed by atoms with Gasteiger partial charge in [-0.05, 0) is 56.3 Å². The van der Waals surface area contributed by atoms with E-state index in [4.69, 9.17) is 8.61 Å². The molecule has 21 heavy (non-hydrogen) atoms. The Labute approximate surface area is 133 Å². The van der Waals surface area contributed by atoms with Crippen molar-refractivity contribution in [2.24, 2.45) is 5.92 Å². The Kier molecular flexibility index (Phi) is 5.73. The fourth-order valence-electron chi connectivity index (χ4n) is 2.13. The molecule has 0 spiro atoms. The molecule has 0 saturated carbocycles. The van der Waals surface area contributed by atoms with Crippen LogP contribution in [-0.4, -0.2) is 14.4 Å². The first-order chi connectivity index (χ1) is 9.94. The Morgan fingerprint density at radius 1 is 1.14 bits per heavy atom. The minimum atomic E-state index is -1.51. The number of rotatable bonds is 5. The van der Waals surface area contributed by atoms with E-state index in [0.29, 0.717) is 5.92 Å². The number of hydrogen-bond acceptors (Lipinski definition) is 3. The topological polar surface area (TPSA) is 18.5 Å². The van der Waals surface area contributed by atoms with E-state index in [1.54, 1.807) is 0 Å². The summed E-state index contributed by atoms with van der Waals surface area (Å²) >= 11 is 1.40. The molecule has 0 fully saturated rings. The Bertz CT molecular complexity index is 505. The first-order valence-corrected chi connectivity index (χ1v) is 11.5. The van der Waals surface area contributed by atoms with Crippen molar-refractivity contribution in [2.75, 3.05) is 0 Å². The fraction of sp³-hybridized carbons (Fsp3) is 0.412. The van der Waals surface area contributed by atoms with Crippen LogP contribution in [-0.2, 0) is 8.61 Å². The van der Waals surface area contributed by atoms with Crippen LogP contribution in [0.5, 0.6) is 0 Å². The zero-order valence-electron chi connectivity index (χ0n) is 13.2. The molecule has 0 heterocycles. The first kappa shape index (κ1) is 16.4. The molecule has 0 amide bonds. The molecule has 1 aliphatic carbocycles. The smallest absolute Gasteiger partial charge is 0.184 e. The van der Waals surface area contributed by atoms with Crippen LogP contribution in [0.15, 0.2) is 59.2 Å². The quantitative estimate of drug-likeness (QED) is 0.534. The first-order valence-electron chi connectivity index (χ1n) is 7.40. The summed E-state index contributed by atoms with van der Waals surface area (Å²) in [7, 11) is -1.51. The predicted octanol–water partition coefficient (Wildman–Crippen LogP) is 5.41. The van der Waals surface area contributed by atoms with Gasteiger partial charge in [0.15, 0.2) is 8.32 Å². The van der Waals surface area contributed by atoms with Crippen LogP contribution in [0.3, 0.4) is 0 Å². The van der Waals surface area contributed by atoms with Crippen LogP contribution in [0.4, 0.5) is 0 Å². The van der Waals surface area contributed by atoms with E-state index in [1.165, 1.54) is 12.0 Å². The highest BCUT2D eigenvalue weighted by Crippen LogP contribution is 2.27. The van der Waals surface area contributed by atoms with Gasteiger partial charge in [-0.3, -0.25) is 0 Å². The molecule has 1 aromatic rings. The van der Waals surface area contributed by atoms with E-state index < -0.39 is 8.32 Å². The van der Waals surface area contributed by atoms with Crippen molar-refractivity contribution in [3.05, 3.63) is 54.3 Å². The van der Waals surface area contributed by atoms with E-state index in [2.05, 4.69) is 44.8 Å². The van der Waals surface area contributed by atoms with Gasteiger partial charge in [0.05, 0.1) is 18.1 Å². The van der Waals surface area contributed by atoms with Crippen molar-refractivity contribution in [1.29, 1.82) is 0 Å². The van der Waals surface area contributed by atoms with E-state index in [-0.39, 0.29) is 6.10 Å². The van der Waals surface area contributed by atoms with Gasteiger partial charge in [-0.1, -0.05) is 31.2 Å². The zero-order chi connectivity index (χ0) is 15.3. The third kappa shape index (κ3) is 5.73.